The van der Waals surface area contributed by atoms with Gasteiger partial charge in [-0.25, -0.2) is 0 Å². The van der Waals surface area contributed by atoms with Crippen molar-refractivity contribution < 1.29 is 4.79 Å². The molecule has 0 saturated carbocycles. The second kappa shape index (κ2) is 6.51. The fourth-order valence-electron chi connectivity index (χ4n) is 0.703. The summed E-state index contributed by atoms with van der Waals surface area (Å²) in [6, 6.07) is 0. The molecule has 0 aromatic rings. The highest BCUT2D eigenvalue weighted by Gasteiger charge is 1.92. The van der Waals surface area contributed by atoms with Gasteiger partial charge in [0, 0.05) is 13.0 Å². The summed E-state index contributed by atoms with van der Waals surface area (Å²) in [5, 5.41) is 0. The first-order chi connectivity index (χ1) is 4.77. The highest BCUT2D eigenvalue weighted by atomic mass is 16.1. The van der Waals surface area contributed by atoms with E-state index in [0.29, 0.717) is 6.42 Å². The molecule has 1 amide bonds. The lowest BCUT2D eigenvalue weighted by atomic mass is 10.2. The Bertz CT molecular complexity index is 95.0. The van der Waals surface area contributed by atoms with Crippen LogP contribution in [-0.2, 0) is 4.79 Å². The molecule has 0 aromatic carbocycles. The van der Waals surface area contributed by atoms with E-state index >= 15 is 0 Å². The summed E-state index contributed by atoms with van der Waals surface area (Å²) in [6.45, 7) is 0.804. The Kier molecular flexibility index (Phi) is 6.11. The number of nitrogens with one attached hydrogen (secondary N) is 1. The predicted molar refractivity (Wildman–Crippen MR) is 39.9 cm³/mol. The minimum Gasteiger partial charge on any atom is -0.370 e. The molecule has 0 saturated heterocycles. The summed E-state index contributed by atoms with van der Waals surface area (Å²) in [4.78, 5) is 10.2. The average molecular weight is 145 g/mol. The normalized spacial score (nSPS) is 9.70. The van der Waals surface area contributed by atoms with Crippen molar-refractivity contribution in [2.24, 2.45) is 11.6 Å². The molecule has 0 aliphatic rings. The Hall–Kier alpha value is -0.610. The first-order valence-corrected chi connectivity index (χ1v) is 3.49. The van der Waals surface area contributed by atoms with Gasteiger partial charge in [0.1, 0.15) is 0 Å². The fraction of sp³-hybridized carbons (Fsp3) is 0.833. The number of carbonyl (C=O) groups excluding carboxylic acids is 1. The fourth-order valence-corrected chi connectivity index (χ4v) is 0.703. The number of primary amides is 1. The van der Waals surface area contributed by atoms with Crippen molar-refractivity contribution in [1.29, 1.82) is 0 Å². The van der Waals surface area contributed by atoms with Crippen LogP contribution in [0.4, 0.5) is 0 Å². The van der Waals surface area contributed by atoms with Gasteiger partial charge in [0.05, 0.1) is 0 Å². The number of unbranched alkanes of at least 4 members (excludes halogenated alkanes) is 2. The number of hydrogen-bond acceptors (Lipinski definition) is 3. The SMILES string of the molecule is NNCCCCCC(N)=O. The monoisotopic (exact) mass is 145 g/mol. The maximum atomic E-state index is 10.2. The number of amides is 1. The minimum atomic E-state index is -0.222. The van der Waals surface area contributed by atoms with Gasteiger partial charge < -0.3 is 5.73 Å². The predicted octanol–water partition coefficient (Wildman–Crippen LogP) is -0.505. The van der Waals surface area contributed by atoms with Crippen LogP contribution < -0.4 is 17.0 Å². The van der Waals surface area contributed by atoms with Crippen LogP contribution in [0, 0.1) is 0 Å². The van der Waals surface area contributed by atoms with Crippen molar-refractivity contribution in [1.82, 2.24) is 5.43 Å². The van der Waals surface area contributed by atoms with E-state index in [2.05, 4.69) is 5.43 Å². The van der Waals surface area contributed by atoms with Gasteiger partial charge in [0.25, 0.3) is 0 Å². The van der Waals surface area contributed by atoms with E-state index in [1.54, 1.807) is 0 Å². The van der Waals surface area contributed by atoms with Crippen molar-refractivity contribution in [3.63, 3.8) is 0 Å². The minimum absolute atomic E-state index is 0.222. The van der Waals surface area contributed by atoms with Crippen LogP contribution in [0.15, 0.2) is 0 Å². The molecule has 0 rings (SSSR count). The van der Waals surface area contributed by atoms with Crippen LogP contribution in [0.25, 0.3) is 0 Å². The maximum Gasteiger partial charge on any atom is 0.217 e. The Morgan fingerprint density at radius 3 is 2.50 bits per heavy atom. The third-order valence-corrected chi connectivity index (χ3v) is 1.24. The number of carbonyl (C=O) groups is 1. The third kappa shape index (κ3) is 7.39. The maximum absolute atomic E-state index is 10.2. The first-order valence-electron chi connectivity index (χ1n) is 3.49. The standard InChI is InChI=1S/C6H15N3O/c7-6(10)4-2-1-3-5-9-8/h9H,1-5,8H2,(H2,7,10). The lowest BCUT2D eigenvalue weighted by molar-refractivity contribution is -0.118. The summed E-state index contributed by atoms with van der Waals surface area (Å²) in [5.74, 6) is 4.81. The number of hydrogen-bond donors (Lipinski definition) is 3. The molecule has 0 atom stereocenters. The Balaban J connectivity index is 2.84. The molecule has 10 heavy (non-hydrogen) atoms. The zero-order chi connectivity index (χ0) is 7.82. The zero-order valence-electron chi connectivity index (χ0n) is 6.10. The van der Waals surface area contributed by atoms with Gasteiger partial charge in [-0.1, -0.05) is 6.42 Å². The van der Waals surface area contributed by atoms with Crippen molar-refractivity contribution in [3.05, 3.63) is 0 Å². The summed E-state index contributed by atoms with van der Waals surface area (Å²) in [5.41, 5.74) is 7.47. The van der Waals surface area contributed by atoms with Gasteiger partial charge in [-0.3, -0.25) is 16.1 Å². The molecule has 0 fully saturated rings. The molecule has 60 valence electrons. The molecule has 0 aliphatic heterocycles. The molecule has 4 nitrogen and oxygen atoms in total. The molecule has 0 spiro atoms. The zero-order valence-corrected chi connectivity index (χ0v) is 6.10. The number of hydrazine groups is 1. The highest BCUT2D eigenvalue weighted by molar-refractivity contribution is 5.73. The second-order valence-electron chi connectivity index (χ2n) is 2.23. The van der Waals surface area contributed by atoms with Crippen LogP contribution in [0.1, 0.15) is 25.7 Å². The van der Waals surface area contributed by atoms with Crippen LogP contribution >= 0.6 is 0 Å². The smallest absolute Gasteiger partial charge is 0.217 e. The van der Waals surface area contributed by atoms with Crippen molar-refractivity contribution >= 4 is 5.91 Å². The lowest BCUT2D eigenvalue weighted by Gasteiger charge is -1.97. The summed E-state index contributed by atoms with van der Waals surface area (Å²) in [7, 11) is 0. The van der Waals surface area contributed by atoms with Crippen molar-refractivity contribution in [2.45, 2.75) is 25.7 Å². The largest absolute Gasteiger partial charge is 0.370 e. The molecule has 5 N–H and O–H groups in total. The third-order valence-electron chi connectivity index (χ3n) is 1.24. The summed E-state index contributed by atoms with van der Waals surface area (Å²) < 4.78 is 0. The van der Waals surface area contributed by atoms with Crippen LogP contribution in [0.2, 0.25) is 0 Å². The Labute approximate surface area is 60.9 Å². The van der Waals surface area contributed by atoms with Crippen LogP contribution in [0.5, 0.6) is 0 Å². The van der Waals surface area contributed by atoms with E-state index in [0.717, 1.165) is 25.8 Å². The van der Waals surface area contributed by atoms with E-state index in [1.165, 1.54) is 0 Å². The quantitative estimate of drug-likeness (QED) is 0.267. The Morgan fingerprint density at radius 1 is 1.30 bits per heavy atom. The van der Waals surface area contributed by atoms with Crippen molar-refractivity contribution in [2.75, 3.05) is 6.54 Å². The van der Waals surface area contributed by atoms with E-state index < -0.39 is 0 Å². The molecule has 0 aliphatic carbocycles. The molecular weight excluding hydrogens is 130 g/mol. The first kappa shape index (κ1) is 9.39. The summed E-state index contributed by atoms with van der Waals surface area (Å²) >= 11 is 0. The van der Waals surface area contributed by atoms with Crippen LogP contribution in [0.3, 0.4) is 0 Å². The lowest BCUT2D eigenvalue weighted by Crippen LogP contribution is -2.22. The van der Waals surface area contributed by atoms with Gasteiger partial charge in [-0.2, -0.15) is 0 Å². The molecule has 0 radical (unpaired) electrons. The Morgan fingerprint density at radius 2 is 2.00 bits per heavy atom. The van der Waals surface area contributed by atoms with E-state index in [1.807, 2.05) is 0 Å². The van der Waals surface area contributed by atoms with Crippen molar-refractivity contribution in [3.8, 4) is 0 Å². The number of rotatable bonds is 6. The summed E-state index contributed by atoms with van der Waals surface area (Å²) in [6.07, 6.45) is 3.37. The van der Waals surface area contributed by atoms with E-state index in [4.69, 9.17) is 11.6 Å². The van der Waals surface area contributed by atoms with Crippen LogP contribution in [-0.4, -0.2) is 12.5 Å². The van der Waals surface area contributed by atoms with Gasteiger partial charge in [0.2, 0.25) is 5.91 Å². The molecule has 0 unspecified atom stereocenters. The molecule has 0 bridgehead atoms. The topological polar surface area (TPSA) is 81.1 Å². The van der Waals surface area contributed by atoms with Gasteiger partial charge in [-0.05, 0) is 12.8 Å². The van der Waals surface area contributed by atoms with Gasteiger partial charge in [0.15, 0.2) is 0 Å². The second-order valence-corrected chi connectivity index (χ2v) is 2.23. The van der Waals surface area contributed by atoms with E-state index in [9.17, 15) is 4.79 Å². The highest BCUT2D eigenvalue weighted by Crippen LogP contribution is 1.96. The molecule has 0 aromatic heterocycles. The number of nitrogens with two attached hydrogens (primary N) is 2. The van der Waals surface area contributed by atoms with E-state index in [-0.39, 0.29) is 5.91 Å². The molecule has 0 heterocycles. The average Bonchev–Trinajstić information content (AvgIpc) is 1.87. The van der Waals surface area contributed by atoms with Gasteiger partial charge in [-0.15, -0.1) is 0 Å². The molecular formula is C6H15N3O. The van der Waals surface area contributed by atoms with Gasteiger partial charge >= 0.3 is 0 Å². The molecule has 4 heteroatoms.